The number of hydrogen-bond acceptors (Lipinski definition) is 4. The third-order valence-electron chi connectivity index (χ3n) is 6.43. The highest BCUT2D eigenvalue weighted by Crippen LogP contribution is 2.35. The van der Waals surface area contributed by atoms with E-state index in [0.717, 1.165) is 64.2 Å². The van der Waals surface area contributed by atoms with Crippen molar-refractivity contribution in [2.75, 3.05) is 52.9 Å². The fourth-order valence-electron chi connectivity index (χ4n) is 4.46. The second kappa shape index (κ2) is 10.8. The second-order valence-corrected chi connectivity index (χ2v) is 8.98. The van der Waals surface area contributed by atoms with Gasteiger partial charge in [-0.1, -0.05) is 31.5 Å². The molecule has 1 aromatic rings. The van der Waals surface area contributed by atoms with Gasteiger partial charge in [0.1, 0.15) is 5.75 Å². The van der Waals surface area contributed by atoms with E-state index in [2.05, 4.69) is 18.9 Å². The lowest BCUT2D eigenvalue weighted by molar-refractivity contribution is -0.142. The van der Waals surface area contributed by atoms with Crippen LogP contribution in [0.25, 0.3) is 0 Å². The molecule has 2 aliphatic heterocycles. The molecule has 30 heavy (non-hydrogen) atoms. The Kier molecular flexibility index (Phi) is 8.14. The van der Waals surface area contributed by atoms with Crippen molar-refractivity contribution in [2.24, 2.45) is 5.41 Å². The number of nitrogens with zero attached hydrogens (tertiary/aromatic N) is 3. The average molecular weight is 416 g/mol. The van der Waals surface area contributed by atoms with Gasteiger partial charge in [-0.15, -0.1) is 0 Å². The van der Waals surface area contributed by atoms with E-state index in [-0.39, 0.29) is 17.2 Å². The van der Waals surface area contributed by atoms with Crippen LogP contribution in [0.2, 0.25) is 0 Å². The Balaban J connectivity index is 1.70. The summed E-state index contributed by atoms with van der Waals surface area (Å²) in [5, 5.41) is 0. The van der Waals surface area contributed by atoms with E-state index in [1.54, 1.807) is 0 Å². The predicted octanol–water partition coefficient (Wildman–Crippen LogP) is 3.03. The number of piperazine rings is 1. The highest BCUT2D eigenvalue weighted by molar-refractivity contribution is 5.78. The molecule has 3 rings (SSSR count). The molecule has 2 aliphatic rings. The van der Waals surface area contributed by atoms with Crippen LogP contribution in [0, 0.1) is 5.41 Å². The summed E-state index contributed by atoms with van der Waals surface area (Å²) < 4.78 is 6.15. The Morgan fingerprint density at radius 2 is 1.73 bits per heavy atom. The lowest BCUT2D eigenvalue weighted by atomic mass is 9.77. The summed E-state index contributed by atoms with van der Waals surface area (Å²) >= 11 is 0. The number of amides is 2. The van der Waals surface area contributed by atoms with Crippen molar-refractivity contribution in [3.05, 3.63) is 30.3 Å². The lowest BCUT2D eigenvalue weighted by Crippen LogP contribution is -2.53. The summed E-state index contributed by atoms with van der Waals surface area (Å²) in [4.78, 5) is 32.1. The van der Waals surface area contributed by atoms with Gasteiger partial charge in [-0.25, -0.2) is 0 Å². The zero-order valence-corrected chi connectivity index (χ0v) is 18.6. The highest BCUT2D eigenvalue weighted by atomic mass is 16.5. The van der Waals surface area contributed by atoms with E-state index >= 15 is 0 Å². The molecule has 2 heterocycles. The first-order valence-electron chi connectivity index (χ1n) is 11.4. The largest absolute Gasteiger partial charge is 0.493 e. The number of carbonyl (C=O) groups is 2. The summed E-state index contributed by atoms with van der Waals surface area (Å²) in [6.07, 6.45) is 4.81. The minimum atomic E-state index is -0.323. The van der Waals surface area contributed by atoms with Crippen molar-refractivity contribution in [3.63, 3.8) is 0 Å². The predicted molar refractivity (Wildman–Crippen MR) is 118 cm³/mol. The first-order chi connectivity index (χ1) is 14.5. The molecule has 0 saturated carbocycles. The summed E-state index contributed by atoms with van der Waals surface area (Å²) in [6, 6.07) is 9.78. The van der Waals surface area contributed by atoms with Gasteiger partial charge in [0.2, 0.25) is 11.8 Å². The van der Waals surface area contributed by atoms with Gasteiger partial charge in [0.25, 0.3) is 0 Å². The van der Waals surface area contributed by atoms with E-state index in [9.17, 15) is 9.59 Å². The van der Waals surface area contributed by atoms with Gasteiger partial charge >= 0.3 is 0 Å². The molecule has 0 bridgehead atoms. The quantitative estimate of drug-likeness (QED) is 0.655. The summed E-state index contributed by atoms with van der Waals surface area (Å²) in [7, 11) is 2.10. The number of likely N-dealkylation sites (N-methyl/N-ethyl adjacent to an activating group) is 1. The van der Waals surface area contributed by atoms with Crippen molar-refractivity contribution in [2.45, 2.75) is 45.4 Å². The molecule has 2 fully saturated rings. The Bertz CT molecular complexity index is 688. The Morgan fingerprint density at radius 1 is 1.00 bits per heavy atom. The van der Waals surface area contributed by atoms with E-state index in [4.69, 9.17) is 4.74 Å². The molecule has 166 valence electrons. The van der Waals surface area contributed by atoms with Gasteiger partial charge in [0.15, 0.2) is 0 Å². The number of ether oxygens (including phenoxy) is 1. The van der Waals surface area contributed by atoms with Crippen LogP contribution >= 0.6 is 0 Å². The lowest BCUT2D eigenvalue weighted by Gasteiger charge is -2.43. The molecule has 0 spiro atoms. The van der Waals surface area contributed by atoms with E-state index < -0.39 is 0 Å². The third kappa shape index (κ3) is 6.21. The third-order valence-corrected chi connectivity index (χ3v) is 6.43. The molecule has 2 amide bonds. The minimum Gasteiger partial charge on any atom is -0.493 e. The van der Waals surface area contributed by atoms with Crippen LogP contribution < -0.4 is 4.74 Å². The maximum absolute atomic E-state index is 13.2. The van der Waals surface area contributed by atoms with Gasteiger partial charge in [-0.2, -0.15) is 0 Å². The number of rotatable bonds is 8. The van der Waals surface area contributed by atoms with Crippen molar-refractivity contribution in [1.29, 1.82) is 0 Å². The molecule has 0 N–H and O–H groups in total. The van der Waals surface area contributed by atoms with Crippen LogP contribution in [0.4, 0.5) is 0 Å². The number of likely N-dealkylation sites (tertiary alicyclic amines) is 1. The maximum atomic E-state index is 13.2. The van der Waals surface area contributed by atoms with Gasteiger partial charge < -0.3 is 19.4 Å². The Morgan fingerprint density at radius 3 is 2.43 bits per heavy atom. The highest BCUT2D eigenvalue weighted by Gasteiger charge is 2.41. The van der Waals surface area contributed by atoms with Crippen LogP contribution in [0.5, 0.6) is 5.75 Å². The molecular weight excluding hydrogens is 378 g/mol. The molecule has 0 aliphatic carbocycles. The number of hydrogen-bond donors (Lipinski definition) is 0. The van der Waals surface area contributed by atoms with Crippen molar-refractivity contribution >= 4 is 11.8 Å². The molecule has 2 saturated heterocycles. The fraction of sp³-hybridized carbons (Fsp3) is 0.667. The number of para-hydroxylation sites is 1. The van der Waals surface area contributed by atoms with Gasteiger partial charge in [0.05, 0.1) is 6.61 Å². The standard InChI is InChI=1S/C24H37N3O3/c1-3-4-11-22(28)27-13-8-12-24(19-27,20-30-21-9-6-5-7-10-21)18-23(29)26-16-14-25(2)15-17-26/h5-7,9-10H,3-4,8,11-20H2,1-2H3. The fourth-order valence-corrected chi connectivity index (χ4v) is 4.46. The summed E-state index contributed by atoms with van der Waals surface area (Å²) in [6.45, 7) is 7.38. The molecule has 1 aromatic carbocycles. The monoisotopic (exact) mass is 415 g/mol. The van der Waals surface area contributed by atoms with Crippen molar-refractivity contribution in [1.82, 2.24) is 14.7 Å². The molecule has 0 aromatic heterocycles. The van der Waals surface area contributed by atoms with E-state index in [1.807, 2.05) is 40.1 Å². The van der Waals surface area contributed by atoms with Crippen LogP contribution in [-0.4, -0.2) is 79.4 Å². The smallest absolute Gasteiger partial charge is 0.223 e. The Labute approximate surface area is 181 Å². The average Bonchev–Trinajstić information content (AvgIpc) is 2.77. The number of piperidine rings is 1. The summed E-state index contributed by atoms with van der Waals surface area (Å²) in [5.41, 5.74) is -0.323. The van der Waals surface area contributed by atoms with Crippen LogP contribution in [0.15, 0.2) is 30.3 Å². The van der Waals surface area contributed by atoms with Gasteiger partial charge in [-0.3, -0.25) is 9.59 Å². The number of carbonyl (C=O) groups excluding carboxylic acids is 2. The molecule has 1 unspecified atom stereocenters. The molecule has 6 nitrogen and oxygen atoms in total. The van der Waals surface area contributed by atoms with Gasteiger partial charge in [0, 0.05) is 57.5 Å². The zero-order valence-electron chi connectivity index (χ0n) is 18.6. The molecule has 0 radical (unpaired) electrons. The van der Waals surface area contributed by atoms with Crippen LogP contribution in [0.3, 0.4) is 0 Å². The SMILES string of the molecule is CCCCC(=O)N1CCCC(COc2ccccc2)(CC(=O)N2CCN(C)CC2)C1. The number of benzene rings is 1. The minimum absolute atomic E-state index is 0.197. The molecular formula is C24H37N3O3. The first kappa shape index (κ1) is 22.6. The maximum Gasteiger partial charge on any atom is 0.223 e. The topological polar surface area (TPSA) is 53.1 Å². The first-order valence-corrected chi connectivity index (χ1v) is 11.4. The molecule has 1 atom stereocenters. The van der Waals surface area contributed by atoms with Crippen LogP contribution in [-0.2, 0) is 9.59 Å². The van der Waals surface area contributed by atoms with Gasteiger partial charge in [-0.05, 0) is 38.4 Å². The zero-order chi connectivity index (χ0) is 21.4. The number of unbranched alkanes of at least 4 members (excludes halogenated alkanes) is 1. The second-order valence-electron chi connectivity index (χ2n) is 8.98. The van der Waals surface area contributed by atoms with E-state index in [1.165, 1.54) is 0 Å². The Hall–Kier alpha value is -2.08. The normalized spacial score (nSPS) is 22.7. The van der Waals surface area contributed by atoms with Crippen molar-refractivity contribution < 1.29 is 14.3 Å². The van der Waals surface area contributed by atoms with Crippen LogP contribution in [0.1, 0.15) is 45.4 Å². The summed E-state index contributed by atoms with van der Waals surface area (Å²) in [5.74, 6) is 1.23. The van der Waals surface area contributed by atoms with E-state index in [0.29, 0.717) is 26.0 Å². The molecule has 6 heteroatoms. The van der Waals surface area contributed by atoms with Crippen molar-refractivity contribution in [3.8, 4) is 5.75 Å².